The molecule has 0 aromatic carbocycles. The molecule has 118 valence electrons. The highest BCUT2D eigenvalue weighted by Gasteiger charge is 2.23. The Balaban J connectivity index is 1.74. The summed E-state index contributed by atoms with van der Waals surface area (Å²) in [6.45, 7) is 8.68. The fourth-order valence-electron chi connectivity index (χ4n) is 4.18. The summed E-state index contributed by atoms with van der Waals surface area (Å²) in [6.07, 6.45) is 14.2. The molecule has 0 spiro atoms. The number of nitrogens with zero attached hydrogens (tertiary/aromatic N) is 1. The van der Waals surface area contributed by atoms with E-state index in [4.69, 9.17) is 0 Å². The highest BCUT2D eigenvalue weighted by atomic mass is 15.1. The van der Waals surface area contributed by atoms with E-state index in [0.717, 1.165) is 18.0 Å². The van der Waals surface area contributed by atoms with Crippen molar-refractivity contribution in [2.45, 2.75) is 90.1 Å². The zero-order chi connectivity index (χ0) is 14.2. The molecule has 1 saturated heterocycles. The lowest BCUT2D eigenvalue weighted by atomic mass is 9.92. The van der Waals surface area contributed by atoms with Crippen LogP contribution in [0.1, 0.15) is 78.1 Å². The summed E-state index contributed by atoms with van der Waals surface area (Å²) in [5.74, 6) is 0.937. The van der Waals surface area contributed by atoms with Gasteiger partial charge in [-0.1, -0.05) is 32.6 Å². The van der Waals surface area contributed by atoms with Crippen LogP contribution in [0.25, 0.3) is 0 Å². The largest absolute Gasteiger partial charge is 0.311 e. The molecule has 20 heavy (non-hydrogen) atoms. The topological polar surface area (TPSA) is 15.3 Å². The number of likely N-dealkylation sites (tertiary alicyclic amines) is 1. The maximum absolute atomic E-state index is 3.99. The quantitative estimate of drug-likeness (QED) is 0.759. The van der Waals surface area contributed by atoms with Crippen molar-refractivity contribution < 1.29 is 0 Å². The standard InChI is InChI=1S/C18H36N2/c1-3-13-20-14-8-11-18(12-15-20)19-16(2)17-9-6-4-5-7-10-17/h16-19H,3-15H2,1-2H3/t16-,18?/m1/s1. The molecular weight excluding hydrogens is 244 g/mol. The first-order chi connectivity index (χ1) is 9.79. The van der Waals surface area contributed by atoms with Crippen LogP contribution in [0.2, 0.25) is 0 Å². The predicted molar refractivity (Wildman–Crippen MR) is 88.2 cm³/mol. The Labute approximate surface area is 126 Å². The maximum Gasteiger partial charge on any atom is 0.00823 e. The lowest BCUT2D eigenvalue weighted by Crippen LogP contribution is -2.41. The second-order valence-corrected chi connectivity index (χ2v) is 7.18. The van der Waals surface area contributed by atoms with E-state index in [2.05, 4.69) is 24.1 Å². The van der Waals surface area contributed by atoms with Gasteiger partial charge in [0.25, 0.3) is 0 Å². The summed E-state index contributed by atoms with van der Waals surface area (Å²) in [4.78, 5) is 2.66. The van der Waals surface area contributed by atoms with Crippen LogP contribution in [0.15, 0.2) is 0 Å². The fraction of sp³-hybridized carbons (Fsp3) is 1.00. The SMILES string of the molecule is CCCN1CCCC(N[C@H](C)C2CCCCCC2)CC1. The number of nitrogens with one attached hydrogen (secondary N) is 1. The molecule has 2 atom stereocenters. The molecule has 2 aliphatic rings. The molecule has 1 heterocycles. The summed E-state index contributed by atoms with van der Waals surface area (Å²) in [6, 6.07) is 1.51. The van der Waals surface area contributed by atoms with Crippen LogP contribution in [0.4, 0.5) is 0 Å². The molecular formula is C18H36N2. The first-order valence-electron chi connectivity index (χ1n) is 9.28. The van der Waals surface area contributed by atoms with Gasteiger partial charge in [-0.25, -0.2) is 0 Å². The summed E-state index contributed by atoms with van der Waals surface area (Å²) < 4.78 is 0. The van der Waals surface area contributed by atoms with Crippen molar-refractivity contribution in [3.8, 4) is 0 Å². The third-order valence-corrected chi connectivity index (χ3v) is 5.47. The average molecular weight is 280 g/mol. The average Bonchev–Trinajstić information content (AvgIpc) is 2.82. The first kappa shape index (κ1) is 16.3. The second-order valence-electron chi connectivity index (χ2n) is 7.18. The molecule has 2 heteroatoms. The predicted octanol–water partition coefficient (Wildman–Crippen LogP) is 4.20. The van der Waals surface area contributed by atoms with E-state index in [1.165, 1.54) is 83.8 Å². The van der Waals surface area contributed by atoms with E-state index in [0.29, 0.717) is 0 Å². The van der Waals surface area contributed by atoms with Crippen LogP contribution >= 0.6 is 0 Å². The van der Waals surface area contributed by atoms with Gasteiger partial charge in [-0.15, -0.1) is 0 Å². The van der Waals surface area contributed by atoms with Gasteiger partial charge in [0.15, 0.2) is 0 Å². The minimum atomic E-state index is 0.732. The maximum atomic E-state index is 3.99. The lowest BCUT2D eigenvalue weighted by Gasteiger charge is -2.28. The minimum Gasteiger partial charge on any atom is -0.311 e. The van der Waals surface area contributed by atoms with E-state index < -0.39 is 0 Å². The zero-order valence-corrected chi connectivity index (χ0v) is 13.9. The van der Waals surface area contributed by atoms with Gasteiger partial charge in [-0.2, -0.15) is 0 Å². The molecule has 1 saturated carbocycles. The van der Waals surface area contributed by atoms with E-state index in [-0.39, 0.29) is 0 Å². The van der Waals surface area contributed by atoms with Crippen LogP contribution < -0.4 is 5.32 Å². The third-order valence-electron chi connectivity index (χ3n) is 5.47. The molecule has 0 aromatic heterocycles. The van der Waals surface area contributed by atoms with Crippen molar-refractivity contribution in [3.05, 3.63) is 0 Å². The Kier molecular flexibility index (Phi) is 7.37. The summed E-state index contributed by atoms with van der Waals surface area (Å²) in [7, 11) is 0. The Morgan fingerprint density at radius 2 is 1.70 bits per heavy atom. The van der Waals surface area contributed by atoms with Crippen LogP contribution in [-0.4, -0.2) is 36.6 Å². The normalized spacial score (nSPS) is 28.8. The van der Waals surface area contributed by atoms with E-state index in [1.807, 2.05) is 0 Å². The van der Waals surface area contributed by atoms with Crippen molar-refractivity contribution in [1.82, 2.24) is 10.2 Å². The highest BCUT2D eigenvalue weighted by Crippen LogP contribution is 2.26. The zero-order valence-electron chi connectivity index (χ0n) is 13.9. The highest BCUT2D eigenvalue weighted by molar-refractivity contribution is 4.81. The van der Waals surface area contributed by atoms with Crippen molar-refractivity contribution in [3.63, 3.8) is 0 Å². The molecule has 1 N–H and O–H groups in total. The Morgan fingerprint density at radius 1 is 0.950 bits per heavy atom. The fourth-order valence-corrected chi connectivity index (χ4v) is 4.18. The molecule has 1 unspecified atom stereocenters. The van der Waals surface area contributed by atoms with Gasteiger partial charge in [-0.3, -0.25) is 0 Å². The van der Waals surface area contributed by atoms with E-state index in [1.54, 1.807) is 0 Å². The number of rotatable bonds is 5. The molecule has 2 rings (SSSR count). The molecule has 2 nitrogen and oxygen atoms in total. The molecule has 0 amide bonds. The van der Waals surface area contributed by atoms with Crippen molar-refractivity contribution in [2.75, 3.05) is 19.6 Å². The van der Waals surface area contributed by atoms with Gasteiger partial charge in [0.1, 0.15) is 0 Å². The van der Waals surface area contributed by atoms with E-state index in [9.17, 15) is 0 Å². The van der Waals surface area contributed by atoms with Gasteiger partial charge in [0.05, 0.1) is 0 Å². The molecule has 0 radical (unpaired) electrons. The van der Waals surface area contributed by atoms with Crippen LogP contribution in [0.5, 0.6) is 0 Å². The summed E-state index contributed by atoms with van der Waals surface area (Å²) >= 11 is 0. The Hall–Kier alpha value is -0.0800. The van der Waals surface area contributed by atoms with Gasteiger partial charge in [0, 0.05) is 12.1 Å². The van der Waals surface area contributed by atoms with Crippen molar-refractivity contribution in [1.29, 1.82) is 0 Å². The number of hydrogen-bond acceptors (Lipinski definition) is 2. The molecule has 0 bridgehead atoms. The van der Waals surface area contributed by atoms with Crippen molar-refractivity contribution in [2.24, 2.45) is 5.92 Å². The Bertz CT molecular complexity index is 246. The Morgan fingerprint density at radius 3 is 2.40 bits per heavy atom. The molecule has 1 aliphatic heterocycles. The van der Waals surface area contributed by atoms with Gasteiger partial charge < -0.3 is 10.2 Å². The summed E-state index contributed by atoms with van der Waals surface area (Å²) in [5.41, 5.74) is 0. The van der Waals surface area contributed by atoms with E-state index >= 15 is 0 Å². The third kappa shape index (κ3) is 5.37. The monoisotopic (exact) mass is 280 g/mol. The minimum absolute atomic E-state index is 0.732. The van der Waals surface area contributed by atoms with Gasteiger partial charge in [0.2, 0.25) is 0 Å². The number of hydrogen-bond donors (Lipinski definition) is 1. The van der Waals surface area contributed by atoms with Crippen molar-refractivity contribution >= 4 is 0 Å². The molecule has 0 aromatic rings. The van der Waals surface area contributed by atoms with Crippen LogP contribution in [-0.2, 0) is 0 Å². The van der Waals surface area contributed by atoms with Crippen LogP contribution in [0, 0.1) is 5.92 Å². The second kappa shape index (κ2) is 9.04. The summed E-state index contributed by atoms with van der Waals surface area (Å²) in [5, 5.41) is 3.99. The molecule has 1 aliphatic carbocycles. The van der Waals surface area contributed by atoms with Gasteiger partial charge in [-0.05, 0) is 71.0 Å². The molecule has 2 fully saturated rings. The van der Waals surface area contributed by atoms with Crippen LogP contribution in [0.3, 0.4) is 0 Å². The lowest BCUT2D eigenvalue weighted by molar-refractivity contribution is 0.272. The van der Waals surface area contributed by atoms with Gasteiger partial charge >= 0.3 is 0 Å². The smallest absolute Gasteiger partial charge is 0.00823 e. The first-order valence-corrected chi connectivity index (χ1v) is 9.28.